The van der Waals surface area contributed by atoms with Gasteiger partial charge in [-0.3, -0.25) is 9.59 Å². The standard InChI is InChI=1S/C25H35BrN2O6.C15H25BrN2O3.C10H12O4/c1-16(2)19(28-10-9-20(29)18(15-28)24(30)34-25(3,4)5)13-17-14-21(33-12-8-11-31-6)23(32-7)27-22(17)26;1-10(2)12(17)8-11-9-13(21-7-5-6-19-3)15(20-4)18-14(11)16;1-10(2,3)14-9(12)7-6-13-5-4-8(7)11/h9-10,14-16,19H,8,11-13H2,1-7H3;9-10,12H,5-8,17H2,1-4H3;4-6H,1-3H3/t19-;12-;/m00./s1. The summed E-state index contributed by atoms with van der Waals surface area (Å²) in [6.45, 7) is 21.2. The first-order valence-electron chi connectivity index (χ1n) is 22.6. The molecular formula is C50H72Br2N4O13. The Morgan fingerprint density at radius 2 is 1.16 bits per heavy atom. The zero-order valence-corrected chi connectivity index (χ0v) is 45.7. The van der Waals surface area contributed by atoms with E-state index in [1.165, 1.54) is 18.4 Å². The molecule has 0 aliphatic heterocycles. The Hall–Kier alpha value is -4.82. The van der Waals surface area contributed by atoms with Crippen LogP contribution >= 0.6 is 31.9 Å². The van der Waals surface area contributed by atoms with Gasteiger partial charge in [-0.15, -0.1) is 0 Å². The summed E-state index contributed by atoms with van der Waals surface area (Å²) < 4.78 is 50.8. The first-order chi connectivity index (χ1) is 32.4. The number of ether oxygens (including phenoxy) is 8. The van der Waals surface area contributed by atoms with Gasteiger partial charge in [-0.1, -0.05) is 27.7 Å². The van der Waals surface area contributed by atoms with Crippen LogP contribution in [0, 0.1) is 11.8 Å². The van der Waals surface area contributed by atoms with Crippen LogP contribution in [-0.4, -0.2) is 98.6 Å². The maximum atomic E-state index is 12.6. The van der Waals surface area contributed by atoms with Gasteiger partial charge in [0.2, 0.25) is 0 Å². The molecule has 19 heteroatoms. The lowest BCUT2D eigenvalue weighted by molar-refractivity contribution is 0.00534. The van der Waals surface area contributed by atoms with Gasteiger partial charge in [-0.2, -0.15) is 0 Å². The minimum atomic E-state index is -0.694. The molecule has 4 aromatic rings. The molecule has 0 fully saturated rings. The van der Waals surface area contributed by atoms with Crippen LogP contribution in [0.4, 0.5) is 0 Å². The van der Waals surface area contributed by atoms with E-state index in [0.29, 0.717) is 66.6 Å². The summed E-state index contributed by atoms with van der Waals surface area (Å²) in [5.74, 6) is 1.36. The van der Waals surface area contributed by atoms with Crippen molar-refractivity contribution < 1.29 is 51.9 Å². The van der Waals surface area contributed by atoms with Crippen molar-refractivity contribution in [1.29, 1.82) is 0 Å². The van der Waals surface area contributed by atoms with Gasteiger partial charge < -0.3 is 52.6 Å². The molecule has 0 aromatic carbocycles. The Labute approximate surface area is 423 Å². The first-order valence-corrected chi connectivity index (χ1v) is 24.2. The van der Waals surface area contributed by atoms with Crippen molar-refractivity contribution in [2.45, 2.75) is 118 Å². The van der Waals surface area contributed by atoms with Crippen molar-refractivity contribution in [3.05, 3.63) is 101 Å². The number of rotatable bonds is 21. The number of methoxy groups -OCH3 is 4. The molecule has 0 bridgehead atoms. The molecule has 0 amide bonds. The van der Waals surface area contributed by atoms with Crippen molar-refractivity contribution in [3.8, 4) is 23.3 Å². The van der Waals surface area contributed by atoms with Crippen LogP contribution in [0.3, 0.4) is 0 Å². The number of nitrogens with two attached hydrogens (primary N) is 1. The third-order valence-corrected chi connectivity index (χ3v) is 11.0. The lowest BCUT2D eigenvalue weighted by atomic mass is 9.96. The summed E-state index contributed by atoms with van der Waals surface area (Å²) in [5.41, 5.74) is 5.94. The van der Waals surface area contributed by atoms with E-state index in [1.54, 1.807) is 82.4 Å². The smallest absolute Gasteiger partial charge is 0.345 e. The summed E-state index contributed by atoms with van der Waals surface area (Å²) in [4.78, 5) is 56.5. The molecule has 0 saturated carbocycles. The molecule has 4 heterocycles. The fraction of sp³-hybridized carbons (Fsp3) is 0.560. The van der Waals surface area contributed by atoms with Crippen LogP contribution in [0.1, 0.15) is 120 Å². The van der Waals surface area contributed by atoms with Crippen LogP contribution in [-0.2, 0) is 31.8 Å². The maximum Gasteiger partial charge on any atom is 0.345 e. The number of aromatic nitrogens is 3. The molecule has 2 atom stereocenters. The monoisotopic (exact) mass is 1090 g/mol. The summed E-state index contributed by atoms with van der Waals surface area (Å²) in [5, 5.41) is 0. The van der Waals surface area contributed by atoms with Crippen LogP contribution in [0.2, 0.25) is 0 Å². The van der Waals surface area contributed by atoms with E-state index in [0.717, 1.165) is 41.3 Å². The molecule has 4 aromatic heterocycles. The van der Waals surface area contributed by atoms with Gasteiger partial charge in [0.15, 0.2) is 22.4 Å². The van der Waals surface area contributed by atoms with E-state index in [2.05, 4.69) is 69.5 Å². The second-order valence-electron chi connectivity index (χ2n) is 18.4. The minimum absolute atomic E-state index is 0.0113. The summed E-state index contributed by atoms with van der Waals surface area (Å²) in [6, 6.07) is 6.47. The molecule has 0 spiro atoms. The quantitative estimate of drug-likeness (QED) is 0.0468. The average molecular weight is 1100 g/mol. The molecule has 69 heavy (non-hydrogen) atoms. The lowest BCUT2D eigenvalue weighted by Crippen LogP contribution is -2.29. The van der Waals surface area contributed by atoms with Gasteiger partial charge in [0.1, 0.15) is 37.8 Å². The highest BCUT2D eigenvalue weighted by Crippen LogP contribution is 2.34. The van der Waals surface area contributed by atoms with Crippen molar-refractivity contribution in [2.75, 3.05) is 54.9 Å². The SMILES string of the molecule is CC(C)(C)OC(=O)c1coccc1=O.COCCCOc1cc(C[C@@H](C(C)C)n2ccc(=O)c(C(=O)OC(C)(C)C)c2)c(Br)nc1OC.COCCCOc1cc(C[C@H](N)C(C)C)c(Br)nc1OC. The number of carbonyl (C=O) groups excluding carboxylic acids is 2. The van der Waals surface area contributed by atoms with Gasteiger partial charge in [0.25, 0.3) is 11.8 Å². The fourth-order valence-corrected chi connectivity index (χ4v) is 6.85. The molecule has 0 aliphatic rings. The summed E-state index contributed by atoms with van der Waals surface area (Å²) in [6.07, 6.45) is 8.47. The minimum Gasteiger partial charge on any atom is -0.488 e. The van der Waals surface area contributed by atoms with Gasteiger partial charge in [-0.25, -0.2) is 19.6 Å². The zero-order valence-electron chi connectivity index (χ0n) is 42.6. The molecule has 0 unspecified atom stereocenters. The molecule has 0 saturated heterocycles. The largest absolute Gasteiger partial charge is 0.488 e. The number of hydrogen-bond acceptors (Lipinski definition) is 16. The molecule has 384 valence electrons. The average Bonchev–Trinajstić information content (AvgIpc) is 3.26. The van der Waals surface area contributed by atoms with Crippen LogP contribution in [0.5, 0.6) is 23.3 Å². The predicted molar refractivity (Wildman–Crippen MR) is 271 cm³/mol. The Bertz CT molecular complexity index is 2340. The molecule has 4 rings (SSSR count). The van der Waals surface area contributed by atoms with E-state index >= 15 is 0 Å². The Morgan fingerprint density at radius 3 is 1.58 bits per heavy atom. The number of nitrogens with zero attached hydrogens (tertiary/aromatic N) is 3. The first kappa shape index (κ1) is 60.3. The van der Waals surface area contributed by atoms with E-state index in [-0.39, 0.29) is 34.6 Å². The third-order valence-electron chi connectivity index (χ3n) is 9.67. The van der Waals surface area contributed by atoms with Gasteiger partial charge in [0.05, 0.1) is 33.7 Å². The number of hydrogen-bond donors (Lipinski definition) is 1. The van der Waals surface area contributed by atoms with Crippen molar-refractivity contribution in [2.24, 2.45) is 17.6 Å². The van der Waals surface area contributed by atoms with Crippen LogP contribution in [0.15, 0.2) is 72.4 Å². The van der Waals surface area contributed by atoms with Gasteiger partial charge >= 0.3 is 11.9 Å². The molecule has 0 radical (unpaired) electrons. The van der Waals surface area contributed by atoms with E-state index in [4.69, 9.17) is 48.0 Å². The number of halogens is 2. The van der Waals surface area contributed by atoms with Crippen molar-refractivity contribution in [1.82, 2.24) is 14.5 Å². The highest BCUT2D eigenvalue weighted by molar-refractivity contribution is 9.10. The van der Waals surface area contributed by atoms with Crippen LogP contribution in [0.25, 0.3) is 0 Å². The number of carbonyl (C=O) groups is 2. The van der Waals surface area contributed by atoms with E-state index in [9.17, 15) is 19.2 Å². The third kappa shape index (κ3) is 21.4. The molecule has 0 aliphatic carbocycles. The zero-order chi connectivity index (χ0) is 52.1. The van der Waals surface area contributed by atoms with Gasteiger partial charge in [-0.05, 0) is 121 Å². The highest BCUT2D eigenvalue weighted by Gasteiger charge is 2.25. The fourth-order valence-electron chi connectivity index (χ4n) is 5.98. The summed E-state index contributed by atoms with van der Waals surface area (Å²) >= 11 is 7.02. The lowest BCUT2D eigenvalue weighted by Gasteiger charge is -2.26. The second-order valence-corrected chi connectivity index (χ2v) is 19.9. The number of esters is 2. The summed E-state index contributed by atoms with van der Waals surface area (Å²) in [7, 11) is 6.45. The van der Waals surface area contributed by atoms with Crippen molar-refractivity contribution in [3.63, 3.8) is 0 Å². The highest BCUT2D eigenvalue weighted by atomic mass is 79.9. The molecular weight excluding hydrogens is 1020 g/mol. The Kier molecular flexibility index (Phi) is 25.7. The second kappa shape index (κ2) is 29.4. The van der Waals surface area contributed by atoms with Crippen molar-refractivity contribution >= 4 is 43.8 Å². The van der Waals surface area contributed by atoms with E-state index in [1.807, 2.05) is 16.7 Å². The topological polar surface area (TPSA) is 212 Å². The normalized spacial score (nSPS) is 12.2. The maximum absolute atomic E-state index is 12.6. The molecule has 2 N–H and O–H groups in total. The Morgan fingerprint density at radius 1 is 0.696 bits per heavy atom. The molecule has 17 nitrogen and oxygen atoms in total. The number of pyridine rings is 3. The van der Waals surface area contributed by atoms with Gasteiger partial charge in [0, 0.05) is 76.9 Å². The predicted octanol–water partition coefficient (Wildman–Crippen LogP) is 9.21. The van der Waals surface area contributed by atoms with Crippen LogP contribution < -0.4 is 35.5 Å². The van der Waals surface area contributed by atoms with E-state index < -0.39 is 28.6 Å². The Balaban J connectivity index is 0.000000395.